The highest BCUT2D eigenvalue weighted by Crippen LogP contribution is 2.19. The number of hydrogen-bond donors (Lipinski definition) is 5. The number of carbonyl (C=O) groups excluding carboxylic acids is 1. The van der Waals surface area contributed by atoms with Gasteiger partial charge in [0.15, 0.2) is 0 Å². The number of aliphatic carboxylic acids is 2. The van der Waals surface area contributed by atoms with Gasteiger partial charge in [-0.15, -0.1) is 0 Å². The van der Waals surface area contributed by atoms with Crippen LogP contribution in [-0.4, -0.2) is 51.2 Å². The van der Waals surface area contributed by atoms with Gasteiger partial charge < -0.3 is 20.5 Å². The Bertz CT molecular complexity index is 1160. The third-order valence-corrected chi connectivity index (χ3v) is 6.24. The van der Waals surface area contributed by atoms with Crippen LogP contribution in [0.1, 0.15) is 44.2 Å². The molecule has 8 heteroatoms. The van der Waals surface area contributed by atoms with Gasteiger partial charge in [-0.1, -0.05) is 62.4 Å². The normalized spacial score (nSPS) is 13.9. The van der Waals surface area contributed by atoms with Crippen LogP contribution in [0.25, 0.3) is 10.9 Å². The lowest BCUT2D eigenvalue weighted by Crippen LogP contribution is -2.55. The minimum Gasteiger partial charge on any atom is -0.480 e. The number of aromatic nitrogens is 1. The monoisotopic (exact) mass is 493 g/mol. The molecule has 0 fully saturated rings. The minimum absolute atomic E-state index is 0.101. The van der Waals surface area contributed by atoms with Crippen molar-refractivity contribution >= 4 is 28.7 Å². The van der Waals surface area contributed by atoms with E-state index < -0.39 is 36.0 Å². The number of carbonyl (C=O) groups is 3. The fraction of sp³-hybridized carbons (Fsp3) is 0.393. The maximum Gasteiger partial charge on any atom is 0.326 e. The Kier molecular flexibility index (Phi) is 9.64. The average molecular weight is 494 g/mol. The smallest absolute Gasteiger partial charge is 0.326 e. The van der Waals surface area contributed by atoms with Crippen molar-refractivity contribution in [3.63, 3.8) is 0 Å². The van der Waals surface area contributed by atoms with Gasteiger partial charge in [0.05, 0.1) is 6.04 Å². The molecule has 0 aliphatic carbocycles. The number of benzene rings is 2. The lowest BCUT2D eigenvalue weighted by atomic mass is 9.99. The summed E-state index contributed by atoms with van der Waals surface area (Å²) in [6, 6.07) is 14.5. The molecule has 2 aromatic carbocycles. The molecule has 36 heavy (non-hydrogen) atoms. The molecule has 0 radical (unpaired) electrons. The van der Waals surface area contributed by atoms with E-state index in [1.165, 1.54) is 0 Å². The van der Waals surface area contributed by atoms with Crippen molar-refractivity contribution in [1.82, 2.24) is 15.6 Å². The number of rotatable bonds is 14. The Hall–Kier alpha value is -3.65. The van der Waals surface area contributed by atoms with Crippen molar-refractivity contribution in [2.24, 2.45) is 5.92 Å². The Morgan fingerprint density at radius 3 is 2.22 bits per heavy atom. The van der Waals surface area contributed by atoms with E-state index in [-0.39, 0.29) is 12.3 Å². The van der Waals surface area contributed by atoms with Crippen LogP contribution >= 0.6 is 0 Å². The van der Waals surface area contributed by atoms with Gasteiger partial charge in [-0.05, 0) is 48.8 Å². The van der Waals surface area contributed by atoms with Crippen LogP contribution in [0, 0.1) is 5.92 Å². The van der Waals surface area contributed by atoms with Crippen molar-refractivity contribution in [3.05, 3.63) is 71.9 Å². The Balaban J connectivity index is 1.67. The van der Waals surface area contributed by atoms with Crippen molar-refractivity contribution in [3.8, 4) is 0 Å². The summed E-state index contributed by atoms with van der Waals surface area (Å²) in [6.07, 6.45) is 3.97. The first-order valence-corrected chi connectivity index (χ1v) is 12.4. The van der Waals surface area contributed by atoms with Gasteiger partial charge in [0.2, 0.25) is 5.91 Å². The third-order valence-electron chi connectivity index (χ3n) is 6.24. The molecule has 0 bridgehead atoms. The maximum absolute atomic E-state index is 13.2. The van der Waals surface area contributed by atoms with Gasteiger partial charge in [-0.2, -0.15) is 0 Å². The second-order valence-electron chi connectivity index (χ2n) is 9.58. The average Bonchev–Trinajstić information content (AvgIpc) is 3.25. The number of para-hydroxylation sites is 1. The highest BCUT2D eigenvalue weighted by molar-refractivity contribution is 5.89. The number of aryl methyl sites for hydroxylation is 1. The molecule has 3 aromatic rings. The lowest BCUT2D eigenvalue weighted by molar-refractivity contribution is -0.143. The Labute approximate surface area is 211 Å². The number of nitrogens with one attached hydrogen (secondary N) is 3. The number of carboxylic acids is 2. The lowest BCUT2D eigenvalue weighted by Gasteiger charge is -2.26. The van der Waals surface area contributed by atoms with Crippen molar-refractivity contribution in [2.75, 3.05) is 0 Å². The molecule has 0 saturated heterocycles. The van der Waals surface area contributed by atoms with Gasteiger partial charge in [0, 0.05) is 23.5 Å². The number of fused-ring (bicyclic) bond motifs is 1. The second kappa shape index (κ2) is 12.9. The first kappa shape index (κ1) is 26.9. The summed E-state index contributed by atoms with van der Waals surface area (Å²) in [5.74, 6) is -2.58. The molecule has 0 spiro atoms. The van der Waals surface area contributed by atoms with Crippen molar-refractivity contribution in [2.45, 2.75) is 64.1 Å². The summed E-state index contributed by atoms with van der Waals surface area (Å²) >= 11 is 0. The zero-order valence-electron chi connectivity index (χ0n) is 20.7. The van der Waals surface area contributed by atoms with Crippen LogP contribution in [0.5, 0.6) is 0 Å². The van der Waals surface area contributed by atoms with E-state index in [0.29, 0.717) is 19.3 Å². The maximum atomic E-state index is 13.2. The van der Waals surface area contributed by atoms with Gasteiger partial charge in [0.25, 0.3) is 0 Å². The SMILES string of the molecule is CC(C)C[C@H](NC(CCCc1ccccc1)C(=O)O)C(=O)N[C@@H](Cc1c[nH]c2ccccc12)C(=O)O. The molecule has 3 rings (SSSR count). The topological polar surface area (TPSA) is 132 Å². The van der Waals surface area contributed by atoms with E-state index >= 15 is 0 Å². The minimum atomic E-state index is -1.14. The molecule has 0 saturated carbocycles. The molecule has 1 aromatic heterocycles. The standard InChI is InChI=1S/C28H35N3O5/c1-18(2)15-24(30-23(27(33)34)14-8-11-19-9-4-3-5-10-19)26(32)31-25(28(35)36)16-20-17-29-22-13-7-6-12-21(20)22/h3-7,9-10,12-13,17-18,23-25,29-30H,8,11,14-16H2,1-2H3,(H,31,32)(H,33,34)(H,35,36)/t23?,24-,25-/m0/s1. The molecule has 1 heterocycles. The second-order valence-corrected chi connectivity index (χ2v) is 9.58. The zero-order chi connectivity index (χ0) is 26.1. The van der Waals surface area contributed by atoms with Crippen LogP contribution in [0.15, 0.2) is 60.8 Å². The first-order valence-electron chi connectivity index (χ1n) is 12.4. The van der Waals surface area contributed by atoms with E-state index in [2.05, 4.69) is 15.6 Å². The quantitative estimate of drug-likeness (QED) is 0.232. The molecular weight excluding hydrogens is 458 g/mol. The fourth-order valence-electron chi connectivity index (χ4n) is 4.39. The summed E-state index contributed by atoms with van der Waals surface area (Å²) in [7, 11) is 0. The molecular formula is C28H35N3O5. The molecule has 3 atom stereocenters. The number of aromatic amines is 1. The molecule has 0 aliphatic rings. The predicted octanol–water partition coefficient (Wildman–Crippen LogP) is 3.76. The van der Waals surface area contributed by atoms with Crippen molar-refractivity contribution < 1.29 is 24.6 Å². The largest absolute Gasteiger partial charge is 0.480 e. The fourth-order valence-corrected chi connectivity index (χ4v) is 4.39. The summed E-state index contributed by atoms with van der Waals surface area (Å²) in [5.41, 5.74) is 2.80. The van der Waals surface area contributed by atoms with Crippen LogP contribution in [0.4, 0.5) is 0 Å². The van der Waals surface area contributed by atoms with Gasteiger partial charge in [-0.3, -0.25) is 14.9 Å². The number of hydrogen-bond acceptors (Lipinski definition) is 4. The summed E-state index contributed by atoms with van der Waals surface area (Å²) in [4.78, 5) is 40.3. The van der Waals surface area contributed by atoms with E-state index in [1.807, 2.05) is 68.4 Å². The van der Waals surface area contributed by atoms with Gasteiger partial charge in [0.1, 0.15) is 12.1 Å². The van der Waals surface area contributed by atoms with E-state index in [0.717, 1.165) is 28.5 Å². The molecule has 1 unspecified atom stereocenters. The van der Waals surface area contributed by atoms with Crippen LogP contribution in [0.3, 0.4) is 0 Å². The van der Waals surface area contributed by atoms with Gasteiger partial charge in [-0.25, -0.2) is 4.79 Å². The first-order chi connectivity index (χ1) is 17.2. The number of carboxylic acid groups (broad SMARTS) is 2. The highest BCUT2D eigenvalue weighted by atomic mass is 16.4. The molecule has 192 valence electrons. The highest BCUT2D eigenvalue weighted by Gasteiger charge is 2.30. The molecule has 5 N–H and O–H groups in total. The van der Waals surface area contributed by atoms with E-state index in [9.17, 15) is 24.6 Å². The Morgan fingerprint density at radius 2 is 1.56 bits per heavy atom. The number of H-pyrrole nitrogens is 1. The van der Waals surface area contributed by atoms with Crippen LogP contribution in [-0.2, 0) is 27.2 Å². The third kappa shape index (κ3) is 7.68. The summed E-state index contributed by atoms with van der Waals surface area (Å²) in [6.45, 7) is 3.88. The zero-order valence-corrected chi connectivity index (χ0v) is 20.7. The molecule has 8 nitrogen and oxygen atoms in total. The van der Waals surface area contributed by atoms with Crippen LogP contribution < -0.4 is 10.6 Å². The Morgan fingerprint density at radius 1 is 0.889 bits per heavy atom. The summed E-state index contributed by atoms with van der Waals surface area (Å²) in [5, 5.41) is 26.1. The van der Waals surface area contributed by atoms with E-state index in [1.54, 1.807) is 6.20 Å². The van der Waals surface area contributed by atoms with Crippen molar-refractivity contribution in [1.29, 1.82) is 0 Å². The number of amides is 1. The molecule has 0 aliphatic heterocycles. The summed E-state index contributed by atoms with van der Waals surface area (Å²) < 4.78 is 0. The van der Waals surface area contributed by atoms with Crippen LogP contribution in [0.2, 0.25) is 0 Å². The van der Waals surface area contributed by atoms with Gasteiger partial charge >= 0.3 is 11.9 Å². The van der Waals surface area contributed by atoms with E-state index in [4.69, 9.17) is 0 Å². The predicted molar refractivity (Wildman–Crippen MR) is 139 cm³/mol. The molecule has 1 amide bonds.